The van der Waals surface area contributed by atoms with E-state index in [1.165, 1.54) is 6.07 Å². The van der Waals surface area contributed by atoms with E-state index in [-0.39, 0.29) is 11.1 Å². The van der Waals surface area contributed by atoms with Gasteiger partial charge in [0.15, 0.2) is 0 Å². The second-order valence-electron chi connectivity index (χ2n) is 3.60. The van der Waals surface area contributed by atoms with Gasteiger partial charge in [-0.15, -0.1) is 0 Å². The Hall–Kier alpha value is -1.62. The standard InChI is InChI=1S/C11H17N3O2/c1-2-3-4-7-14-8-5-6-9(11(14)16)10(15)13-12/h5-6,8H,2-4,7,12H2,1H3,(H,13,15). The Balaban J connectivity index is 2.87. The zero-order valence-corrected chi connectivity index (χ0v) is 9.40. The molecule has 1 rings (SSSR count). The molecule has 5 heteroatoms. The number of hydrogen-bond donors (Lipinski definition) is 2. The second-order valence-corrected chi connectivity index (χ2v) is 3.60. The number of carbonyl (C=O) groups excluding carboxylic acids is 1. The maximum atomic E-state index is 11.8. The number of nitrogens with one attached hydrogen (secondary N) is 1. The van der Waals surface area contributed by atoms with E-state index in [2.05, 4.69) is 6.92 Å². The highest BCUT2D eigenvalue weighted by Crippen LogP contribution is 1.98. The largest absolute Gasteiger partial charge is 0.315 e. The number of hydrogen-bond acceptors (Lipinski definition) is 3. The van der Waals surface area contributed by atoms with E-state index in [1.54, 1.807) is 16.8 Å². The molecule has 1 aromatic rings. The van der Waals surface area contributed by atoms with Gasteiger partial charge in [0.05, 0.1) is 0 Å². The third-order valence-electron chi connectivity index (χ3n) is 2.40. The molecule has 0 saturated carbocycles. The Kier molecular flexibility index (Phi) is 4.72. The van der Waals surface area contributed by atoms with Gasteiger partial charge in [-0.2, -0.15) is 0 Å². The highest BCUT2D eigenvalue weighted by molar-refractivity contribution is 5.93. The van der Waals surface area contributed by atoms with Gasteiger partial charge in [0, 0.05) is 12.7 Å². The summed E-state index contributed by atoms with van der Waals surface area (Å²) >= 11 is 0. The van der Waals surface area contributed by atoms with Crippen molar-refractivity contribution in [1.29, 1.82) is 0 Å². The number of hydrazine groups is 1. The monoisotopic (exact) mass is 223 g/mol. The fraction of sp³-hybridized carbons (Fsp3) is 0.455. The molecule has 5 nitrogen and oxygen atoms in total. The van der Waals surface area contributed by atoms with Crippen LogP contribution in [0.15, 0.2) is 23.1 Å². The summed E-state index contributed by atoms with van der Waals surface area (Å²) in [5.41, 5.74) is 1.76. The molecular weight excluding hydrogens is 206 g/mol. The molecule has 3 N–H and O–H groups in total. The lowest BCUT2D eigenvalue weighted by Crippen LogP contribution is -2.36. The summed E-state index contributed by atoms with van der Waals surface area (Å²) in [5.74, 6) is 4.45. The van der Waals surface area contributed by atoms with Crippen molar-refractivity contribution in [3.63, 3.8) is 0 Å². The van der Waals surface area contributed by atoms with E-state index < -0.39 is 5.91 Å². The number of aromatic nitrogens is 1. The molecule has 1 aromatic heterocycles. The van der Waals surface area contributed by atoms with Crippen molar-refractivity contribution in [3.05, 3.63) is 34.2 Å². The molecule has 0 bridgehead atoms. The third kappa shape index (κ3) is 2.93. The zero-order chi connectivity index (χ0) is 12.0. The quantitative estimate of drug-likeness (QED) is 0.333. The normalized spacial score (nSPS) is 10.1. The number of nitrogen functional groups attached to an aromatic ring is 1. The van der Waals surface area contributed by atoms with Crippen LogP contribution in [-0.4, -0.2) is 10.5 Å². The van der Waals surface area contributed by atoms with Gasteiger partial charge in [0.2, 0.25) is 0 Å². The molecule has 0 radical (unpaired) electrons. The van der Waals surface area contributed by atoms with Crippen LogP contribution in [0.25, 0.3) is 0 Å². The molecule has 0 fully saturated rings. The highest BCUT2D eigenvalue weighted by atomic mass is 16.2. The average molecular weight is 223 g/mol. The molecule has 88 valence electrons. The van der Waals surface area contributed by atoms with Gasteiger partial charge >= 0.3 is 0 Å². The molecule has 0 aromatic carbocycles. The molecule has 0 aliphatic rings. The van der Waals surface area contributed by atoms with Crippen LogP contribution >= 0.6 is 0 Å². The second kappa shape index (κ2) is 6.07. The first kappa shape index (κ1) is 12.4. The molecule has 0 spiro atoms. The van der Waals surface area contributed by atoms with Crippen molar-refractivity contribution in [1.82, 2.24) is 9.99 Å². The molecule has 0 unspecified atom stereocenters. The maximum Gasteiger partial charge on any atom is 0.270 e. The number of rotatable bonds is 5. The highest BCUT2D eigenvalue weighted by Gasteiger charge is 2.09. The van der Waals surface area contributed by atoms with Crippen LogP contribution in [0.2, 0.25) is 0 Å². The van der Waals surface area contributed by atoms with Crippen LogP contribution in [0.3, 0.4) is 0 Å². The Morgan fingerprint density at radius 1 is 1.50 bits per heavy atom. The van der Waals surface area contributed by atoms with Crippen molar-refractivity contribution < 1.29 is 4.79 Å². The predicted molar refractivity (Wildman–Crippen MR) is 61.9 cm³/mol. The van der Waals surface area contributed by atoms with Gasteiger partial charge in [0.25, 0.3) is 11.5 Å². The first-order chi connectivity index (χ1) is 7.70. The Labute approximate surface area is 94.2 Å². The number of nitrogens with two attached hydrogens (primary N) is 1. The summed E-state index contributed by atoms with van der Waals surface area (Å²) in [4.78, 5) is 23.1. The van der Waals surface area contributed by atoms with E-state index >= 15 is 0 Å². The van der Waals surface area contributed by atoms with Crippen molar-refractivity contribution in [2.45, 2.75) is 32.7 Å². The minimum Gasteiger partial charge on any atom is -0.315 e. The number of amides is 1. The van der Waals surface area contributed by atoms with Gasteiger partial charge in [0.1, 0.15) is 5.56 Å². The lowest BCUT2D eigenvalue weighted by atomic mass is 10.2. The van der Waals surface area contributed by atoms with Crippen LogP contribution in [0.5, 0.6) is 0 Å². The maximum absolute atomic E-state index is 11.8. The van der Waals surface area contributed by atoms with Crippen LogP contribution in [0, 0.1) is 0 Å². The van der Waals surface area contributed by atoms with E-state index in [0.29, 0.717) is 6.54 Å². The van der Waals surface area contributed by atoms with Crippen molar-refractivity contribution in [3.8, 4) is 0 Å². The minimum absolute atomic E-state index is 0.0847. The van der Waals surface area contributed by atoms with Gasteiger partial charge in [-0.1, -0.05) is 19.8 Å². The average Bonchev–Trinajstić information content (AvgIpc) is 2.30. The zero-order valence-electron chi connectivity index (χ0n) is 9.40. The van der Waals surface area contributed by atoms with E-state index in [1.807, 2.05) is 5.43 Å². The molecule has 0 atom stereocenters. The van der Waals surface area contributed by atoms with Crippen molar-refractivity contribution >= 4 is 5.91 Å². The van der Waals surface area contributed by atoms with Gasteiger partial charge in [-0.05, 0) is 18.6 Å². The number of nitrogens with zero attached hydrogens (tertiary/aromatic N) is 1. The molecule has 16 heavy (non-hydrogen) atoms. The summed E-state index contributed by atoms with van der Waals surface area (Å²) in [5, 5.41) is 0. The van der Waals surface area contributed by atoms with Crippen molar-refractivity contribution in [2.24, 2.45) is 5.84 Å². The number of unbranched alkanes of at least 4 members (excludes halogenated alkanes) is 2. The Bertz CT molecular complexity index is 412. The Morgan fingerprint density at radius 3 is 2.88 bits per heavy atom. The fourth-order valence-electron chi connectivity index (χ4n) is 1.50. The topological polar surface area (TPSA) is 77.1 Å². The molecular formula is C11H17N3O2. The van der Waals surface area contributed by atoms with Crippen LogP contribution in [0.1, 0.15) is 36.5 Å². The summed E-state index contributed by atoms with van der Waals surface area (Å²) in [6.07, 6.45) is 4.78. The van der Waals surface area contributed by atoms with Gasteiger partial charge < -0.3 is 4.57 Å². The SMILES string of the molecule is CCCCCn1cccc(C(=O)NN)c1=O. The molecule has 0 saturated heterocycles. The van der Waals surface area contributed by atoms with Crippen molar-refractivity contribution in [2.75, 3.05) is 0 Å². The summed E-state index contributed by atoms with van der Waals surface area (Å²) < 4.78 is 1.54. The first-order valence-electron chi connectivity index (χ1n) is 5.41. The lowest BCUT2D eigenvalue weighted by molar-refractivity contribution is 0.0951. The fourth-order valence-corrected chi connectivity index (χ4v) is 1.50. The van der Waals surface area contributed by atoms with E-state index in [0.717, 1.165) is 19.3 Å². The molecule has 1 amide bonds. The minimum atomic E-state index is -0.546. The molecule has 0 aliphatic carbocycles. The van der Waals surface area contributed by atoms with E-state index in [4.69, 9.17) is 5.84 Å². The first-order valence-corrected chi connectivity index (χ1v) is 5.41. The van der Waals surface area contributed by atoms with E-state index in [9.17, 15) is 9.59 Å². The smallest absolute Gasteiger partial charge is 0.270 e. The molecule has 1 heterocycles. The number of pyridine rings is 1. The van der Waals surface area contributed by atoms with Crippen LogP contribution in [0.4, 0.5) is 0 Å². The molecule has 0 aliphatic heterocycles. The Morgan fingerprint density at radius 2 is 2.25 bits per heavy atom. The summed E-state index contributed by atoms with van der Waals surface area (Å²) in [6.45, 7) is 2.74. The van der Waals surface area contributed by atoms with Gasteiger partial charge in [-0.3, -0.25) is 15.0 Å². The van der Waals surface area contributed by atoms with Crippen LogP contribution in [-0.2, 0) is 6.54 Å². The summed E-state index contributed by atoms with van der Waals surface area (Å²) in [6, 6.07) is 3.15. The predicted octanol–water partition coefficient (Wildman–Crippen LogP) is 0.642. The number of aryl methyl sites for hydroxylation is 1. The summed E-state index contributed by atoms with van der Waals surface area (Å²) in [7, 11) is 0. The van der Waals surface area contributed by atoms with Crippen LogP contribution < -0.4 is 16.8 Å². The lowest BCUT2D eigenvalue weighted by Gasteiger charge is -2.06. The van der Waals surface area contributed by atoms with Gasteiger partial charge in [-0.25, -0.2) is 5.84 Å². The number of carbonyl (C=O) groups is 1. The third-order valence-corrected chi connectivity index (χ3v) is 2.40.